The van der Waals surface area contributed by atoms with Crippen molar-refractivity contribution in [3.63, 3.8) is 0 Å². The summed E-state index contributed by atoms with van der Waals surface area (Å²) >= 11 is 0. The first kappa shape index (κ1) is 38.4. The number of aryl methyl sites for hydroxylation is 2. The highest BCUT2D eigenvalue weighted by atomic mass is 16.5. The summed E-state index contributed by atoms with van der Waals surface area (Å²) in [7, 11) is 0. The summed E-state index contributed by atoms with van der Waals surface area (Å²) < 4.78 is 12.6. The molecule has 0 radical (unpaired) electrons. The molecule has 2 heterocycles. The summed E-state index contributed by atoms with van der Waals surface area (Å²) in [6.07, 6.45) is 0. The van der Waals surface area contributed by atoms with E-state index in [0.717, 1.165) is 79.4 Å². The van der Waals surface area contributed by atoms with Crippen LogP contribution in [0.25, 0.3) is 22.3 Å². The Labute approximate surface area is 371 Å². The van der Waals surface area contributed by atoms with E-state index in [-0.39, 0.29) is 11.6 Å². The minimum absolute atomic E-state index is 0.135. The van der Waals surface area contributed by atoms with E-state index in [1.807, 2.05) is 196 Å². The highest BCUT2D eigenvalue weighted by molar-refractivity contribution is 6.18. The molecule has 0 atom stereocenters. The third-order valence-electron chi connectivity index (χ3n) is 12.0. The number of carbonyl (C=O) groups is 2. The monoisotopic (exact) mass is 828 g/mol. The van der Waals surface area contributed by atoms with Crippen LogP contribution < -0.4 is 19.3 Å². The van der Waals surface area contributed by atoms with Gasteiger partial charge in [-0.1, -0.05) is 132 Å². The number of ether oxygens (including phenoxy) is 2. The lowest BCUT2D eigenvalue weighted by atomic mass is 9.85. The normalized spacial score (nSPS) is 12.2. The van der Waals surface area contributed by atoms with Crippen molar-refractivity contribution in [1.29, 1.82) is 0 Å². The van der Waals surface area contributed by atoms with Crippen molar-refractivity contribution in [2.24, 2.45) is 0 Å². The molecule has 0 saturated carbocycles. The first-order valence-electron chi connectivity index (χ1n) is 21.3. The van der Waals surface area contributed by atoms with Gasteiger partial charge in [0.2, 0.25) is 0 Å². The molecule has 306 valence electrons. The number of benzene rings is 9. The van der Waals surface area contributed by atoms with Crippen molar-refractivity contribution < 1.29 is 19.1 Å². The summed E-state index contributed by atoms with van der Waals surface area (Å²) in [5.41, 5.74) is 12.7. The van der Waals surface area contributed by atoms with Crippen LogP contribution in [0.15, 0.2) is 206 Å². The van der Waals surface area contributed by atoms with Crippen LogP contribution in [-0.4, -0.2) is 11.6 Å². The lowest BCUT2D eigenvalue weighted by Gasteiger charge is -2.33. The second kappa shape index (κ2) is 15.8. The molecule has 11 rings (SSSR count). The molecule has 0 fully saturated rings. The van der Waals surface area contributed by atoms with E-state index in [1.165, 1.54) is 0 Å². The Hall–Kier alpha value is -8.48. The van der Waals surface area contributed by atoms with Crippen molar-refractivity contribution >= 4 is 45.7 Å². The quantitative estimate of drug-likeness (QED) is 0.142. The summed E-state index contributed by atoms with van der Waals surface area (Å²) in [6, 6.07) is 67.4. The number of fused-ring (bicyclic) bond motifs is 4. The van der Waals surface area contributed by atoms with Crippen molar-refractivity contribution in [2.45, 2.75) is 13.8 Å². The number of hydrogen-bond donors (Lipinski definition) is 0. The predicted molar refractivity (Wildman–Crippen MR) is 256 cm³/mol. The van der Waals surface area contributed by atoms with Gasteiger partial charge in [-0.3, -0.25) is 9.59 Å². The molecule has 64 heavy (non-hydrogen) atoms. The van der Waals surface area contributed by atoms with Gasteiger partial charge in [-0.2, -0.15) is 0 Å². The number of para-hydroxylation sites is 8. The van der Waals surface area contributed by atoms with Gasteiger partial charge in [0.25, 0.3) is 0 Å². The SMILES string of the molecule is Cc1ccc(C(=O)c2cc(-c3ccc(N4c5ccccc5Oc5ccccc54)cc3)c(C(=O)c3ccc(C)cc3)cc2-c2ccc(N3c4ccccc4Oc4ccccc43)cc2)cc1. The number of anilines is 6. The molecule has 9 aromatic rings. The van der Waals surface area contributed by atoms with E-state index in [2.05, 4.69) is 34.1 Å². The summed E-state index contributed by atoms with van der Waals surface area (Å²) in [5, 5.41) is 0. The lowest BCUT2D eigenvalue weighted by Crippen LogP contribution is -2.15. The van der Waals surface area contributed by atoms with Crippen molar-refractivity contribution in [3.05, 3.63) is 240 Å². The largest absolute Gasteiger partial charge is 0.453 e. The molecule has 2 aliphatic rings. The van der Waals surface area contributed by atoms with Gasteiger partial charge in [0, 0.05) is 33.6 Å². The smallest absolute Gasteiger partial charge is 0.193 e. The van der Waals surface area contributed by atoms with Crippen molar-refractivity contribution in [1.82, 2.24) is 0 Å². The number of nitrogens with zero attached hydrogens (tertiary/aromatic N) is 2. The van der Waals surface area contributed by atoms with Crippen LogP contribution in [0.4, 0.5) is 34.1 Å². The summed E-state index contributed by atoms with van der Waals surface area (Å²) in [5.74, 6) is 2.78. The third-order valence-corrected chi connectivity index (χ3v) is 12.0. The average molecular weight is 829 g/mol. The Morgan fingerprint density at radius 1 is 0.359 bits per heavy atom. The number of carbonyl (C=O) groups excluding carboxylic acids is 2. The van der Waals surface area contributed by atoms with E-state index in [0.29, 0.717) is 33.4 Å². The number of rotatable bonds is 8. The molecule has 0 amide bonds. The molecule has 6 heteroatoms. The molecular formula is C58H40N2O4. The molecule has 9 aromatic carbocycles. The highest BCUT2D eigenvalue weighted by Gasteiger charge is 2.28. The molecule has 0 N–H and O–H groups in total. The van der Waals surface area contributed by atoms with Gasteiger partial charge in [-0.25, -0.2) is 0 Å². The molecule has 0 saturated heterocycles. The standard InChI is InChI=1S/C58H40N2O4/c1-37-19-23-41(24-20-37)57(61)47-35-46(40-29-33-44(34-30-40)60-51-13-5-9-17-55(51)64-56-18-10-6-14-52(56)60)48(58(62)42-25-21-38(2)22-26-42)36-45(47)39-27-31-43(32-28-39)59-49-11-3-7-15-53(49)63-54-16-8-4-12-50(54)59/h3-36H,1-2H3. The molecule has 0 aliphatic carbocycles. The number of hydrogen-bond acceptors (Lipinski definition) is 6. The fraction of sp³-hybridized carbons (Fsp3) is 0.0345. The van der Waals surface area contributed by atoms with Crippen LogP contribution in [0.3, 0.4) is 0 Å². The zero-order chi connectivity index (χ0) is 43.3. The second-order valence-corrected chi connectivity index (χ2v) is 16.2. The Balaban J connectivity index is 1.07. The predicted octanol–water partition coefficient (Wildman–Crippen LogP) is 15.3. The van der Waals surface area contributed by atoms with E-state index in [4.69, 9.17) is 9.47 Å². The number of ketones is 2. The van der Waals surface area contributed by atoms with Crippen LogP contribution in [0.1, 0.15) is 43.0 Å². The third kappa shape index (κ3) is 6.78. The first-order valence-corrected chi connectivity index (χ1v) is 21.3. The van der Waals surface area contributed by atoms with E-state index in [1.54, 1.807) is 0 Å². The molecule has 0 bridgehead atoms. The van der Waals surface area contributed by atoms with E-state index in [9.17, 15) is 9.59 Å². The van der Waals surface area contributed by atoms with Crippen molar-refractivity contribution in [2.75, 3.05) is 9.80 Å². The average Bonchev–Trinajstić information content (AvgIpc) is 3.34. The maximum absolute atomic E-state index is 14.9. The maximum atomic E-state index is 14.9. The van der Waals surface area contributed by atoms with Crippen LogP contribution in [-0.2, 0) is 0 Å². The zero-order valence-corrected chi connectivity index (χ0v) is 35.2. The van der Waals surface area contributed by atoms with Gasteiger partial charge >= 0.3 is 0 Å². The van der Waals surface area contributed by atoms with E-state index < -0.39 is 0 Å². The fourth-order valence-electron chi connectivity index (χ4n) is 8.72. The minimum atomic E-state index is -0.135. The fourth-order valence-corrected chi connectivity index (χ4v) is 8.72. The molecule has 6 nitrogen and oxygen atoms in total. The van der Waals surface area contributed by atoms with E-state index >= 15 is 0 Å². The zero-order valence-electron chi connectivity index (χ0n) is 35.2. The molecule has 0 unspecified atom stereocenters. The van der Waals surface area contributed by atoms with Crippen LogP contribution in [0.5, 0.6) is 23.0 Å². The Morgan fingerprint density at radius 3 is 0.969 bits per heavy atom. The molecule has 0 aromatic heterocycles. The minimum Gasteiger partial charge on any atom is -0.453 e. The highest BCUT2D eigenvalue weighted by Crippen LogP contribution is 2.52. The van der Waals surface area contributed by atoms with Gasteiger partial charge in [-0.05, 0) is 121 Å². The van der Waals surface area contributed by atoms with Gasteiger partial charge in [-0.15, -0.1) is 0 Å². The summed E-state index contributed by atoms with van der Waals surface area (Å²) in [6.45, 7) is 4.02. The topological polar surface area (TPSA) is 59.1 Å². The first-order chi connectivity index (χ1) is 31.4. The van der Waals surface area contributed by atoms with Gasteiger partial charge in [0.1, 0.15) is 0 Å². The van der Waals surface area contributed by atoms with Crippen LogP contribution in [0, 0.1) is 13.8 Å². The molecular weight excluding hydrogens is 789 g/mol. The van der Waals surface area contributed by atoms with Crippen molar-refractivity contribution in [3.8, 4) is 45.3 Å². The Kier molecular flexibility index (Phi) is 9.47. The maximum Gasteiger partial charge on any atom is 0.193 e. The van der Waals surface area contributed by atoms with Crippen LogP contribution in [0.2, 0.25) is 0 Å². The molecule has 2 aliphatic heterocycles. The lowest BCUT2D eigenvalue weighted by molar-refractivity contribution is 0.102. The summed E-state index contributed by atoms with van der Waals surface area (Å²) in [4.78, 5) is 34.1. The van der Waals surface area contributed by atoms with Gasteiger partial charge < -0.3 is 19.3 Å². The Morgan fingerprint density at radius 2 is 0.656 bits per heavy atom. The van der Waals surface area contributed by atoms with Gasteiger partial charge in [0.05, 0.1) is 22.7 Å². The Bertz CT molecular complexity index is 2950. The second-order valence-electron chi connectivity index (χ2n) is 16.2. The molecule has 0 spiro atoms. The van der Waals surface area contributed by atoms with Gasteiger partial charge in [0.15, 0.2) is 34.6 Å². The van der Waals surface area contributed by atoms with Crippen LogP contribution >= 0.6 is 0 Å².